The monoisotopic (exact) mass is 260 g/mol. The predicted octanol–water partition coefficient (Wildman–Crippen LogP) is -1.32. The summed E-state index contributed by atoms with van der Waals surface area (Å²) in [5, 5.41) is 0. The van der Waals surface area contributed by atoms with Crippen LogP contribution in [0.3, 0.4) is 0 Å². The van der Waals surface area contributed by atoms with Crippen LogP contribution in [0.4, 0.5) is 9.59 Å². The second-order valence-corrected chi connectivity index (χ2v) is 4.56. The lowest BCUT2D eigenvalue weighted by Crippen LogP contribution is -2.56. The Morgan fingerprint density at radius 1 is 1.65 bits per heavy atom. The first-order valence-corrected chi connectivity index (χ1v) is 5.49. The van der Waals surface area contributed by atoms with E-state index in [4.69, 9.17) is 12.2 Å². The molecule has 0 bridgehead atoms. The van der Waals surface area contributed by atoms with Crippen molar-refractivity contribution in [3.63, 3.8) is 0 Å². The number of hydrogen-bond donors (Lipinski definition) is 1. The van der Waals surface area contributed by atoms with Gasteiger partial charge in [0.15, 0.2) is 6.61 Å². The SMILES string of the molecule is C#CCOC(=O)N1C(N)=NC(=O)N(C)S1(=O)=O. The highest BCUT2D eigenvalue weighted by atomic mass is 32.2. The molecule has 0 saturated heterocycles. The summed E-state index contributed by atoms with van der Waals surface area (Å²) in [6, 6.07) is -1.11. The van der Waals surface area contributed by atoms with Crippen molar-refractivity contribution < 1.29 is 22.7 Å². The van der Waals surface area contributed by atoms with Gasteiger partial charge in [0.2, 0.25) is 5.96 Å². The van der Waals surface area contributed by atoms with Crippen LogP contribution in [-0.2, 0) is 14.9 Å². The van der Waals surface area contributed by atoms with Crippen molar-refractivity contribution in [3.8, 4) is 12.3 Å². The minimum atomic E-state index is -4.41. The van der Waals surface area contributed by atoms with Crippen molar-refractivity contribution >= 4 is 28.3 Å². The summed E-state index contributed by atoms with van der Waals surface area (Å²) in [7, 11) is -3.49. The third-order valence-electron chi connectivity index (χ3n) is 1.71. The largest absolute Gasteiger partial charge is 0.435 e. The van der Waals surface area contributed by atoms with Crippen LogP contribution in [0.2, 0.25) is 0 Å². The molecule has 1 heterocycles. The molecule has 0 saturated carbocycles. The normalized spacial score (nSPS) is 18.4. The lowest BCUT2D eigenvalue weighted by Gasteiger charge is -2.28. The number of aliphatic imine (C=N–C) groups is 1. The number of urea groups is 1. The van der Waals surface area contributed by atoms with E-state index in [-0.39, 0.29) is 8.61 Å². The fourth-order valence-electron chi connectivity index (χ4n) is 0.903. The summed E-state index contributed by atoms with van der Waals surface area (Å²) in [6.45, 7) is -0.435. The molecule has 0 aromatic carbocycles. The fraction of sp³-hybridized carbons (Fsp3) is 0.286. The Bertz CT molecular complexity index is 531. The van der Waals surface area contributed by atoms with E-state index in [1.54, 1.807) is 0 Å². The van der Waals surface area contributed by atoms with Gasteiger partial charge in [0.1, 0.15) is 0 Å². The van der Waals surface area contributed by atoms with E-state index in [0.29, 0.717) is 0 Å². The summed E-state index contributed by atoms with van der Waals surface area (Å²) in [4.78, 5) is 25.6. The number of ether oxygens (including phenoxy) is 1. The molecule has 0 atom stereocenters. The highest BCUT2D eigenvalue weighted by Crippen LogP contribution is 2.14. The van der Waals surface area contributed by atoms with Gasteiger partial charge in [-0.1, -0.05) is 5.92 Å². The number of rotatable bonds is 1. The second-order valence-electron chi connectivity index (χ2n) is 2.75. The van der Waals surface area contributed by atoms with Crippen molar-refractivity contribution in [1.82, 2.24) is 8.61 Å². The summed E-state index contributed by atoms with van der Waals surface area (Å²) < 4.78 is 28.0. The first kappa shape index (κ1) is 12.8. The standard InChI is InChI=1S/C7H8N4O5S/c1-3-4-16-7(13)11-5(8)9-6(12)10(2)17(11,14)15/h1H,4H2,2H3,(H2,8,9,12). The zero-order valence-electron chi connectivity index (χ0n) is 8.65. The van der Waals surface area contributed by atoms with E-state index in [9.17, 15) is 18.0 Å². The van der Waals surface area contributed by atoms with Gasteiger partial charge in [-0.25, -0.2) is 13.9 Å². The summed E-state index contributed by atoms with van der Waals surface area (Å²) in [5.41, 5.74) is 5.18. The minimum Gasteiger partial charge on any atom is -0.435 e. The van der Waals surface area contributed by atoms with Crippen LogP contribution in [0.15, 0.2) is 4.99 Å². The molecule has 1 aliphatic heterocycles. The smallest absolute Gasteiger partial charge is 0.433 e. The number of guanidine groups is 1. The maximum absolute atomic E-state index is 11.7. The molecule has 2 N–H and O–H groups in total. The van der Waals surface area contributed by atoms with Gasteiger partial charge in [0.25, 0.3) is 0 Å². The van der Waals surface area contributed by atoms with Gasteiger partial charge in [-0.3, -0.25) is 0 Å². The minimum absolute atomic E-state index is 0.0474. The molecule has 0 fully saturated rings. The number of amides is 3. The molecule has 1 aliphatic rings. The van der Waals surface area contributed by atoms with Gasteiger partial charge in [0, 0.05) is 7.05 Å². The quantitative estimate of drug-likeness (QED) is 0.583. The highest BCUT2D eigenvalue weighted by Gasteiger charge is 2.42. The summed E-state index contributed by atoms with van der Waals surface area (Å²) >= 11 is 0. The van der Waals surface area contributed by atoms with Gasteiger partial charge in [0.05, 0.1) is 0 Å². The highest BCUT2D eigenvalue weighted by molar-refractivity contribution is 7.88. The first-order chi connectivity index (χ1) is 7.82. The van der Waals surface area contributed by atoms with Crippen molar-refractivity contribution in [2.75, 3.05) is 13.7 Å². The third-order valence-corrected chi connectivity index (χ3v) is 3.36. The summed E-state index contributed by atoms with van der Waals surface area (Å²) in [6.07, 6.45) is 3.51. The molecule has 92 valence electrons. The zero-order chi connectivity index (χ0) is 13.2. The molecule has 10 heteroatoms. The van der Waals surface area contributed by atoms with E-state index >= 15 is 0 Å². The molecule has 0 aromatic rings. The van der Waals surface area contributed by atoms with Crippen LogP contribution in [0, 0.1) is 12.3 Å². The van der Waals surface area contributed by atoms with E-state index in [0.717, 1.165) is 7.05 Å². The van der Waals surface area contributed by atoms with Gasteiger partial charge in [-0.15, -0.1) is 10.7 Å². The Morgan fingerprint density at radius 3 is 2.76 bits per heavy atom. The van der Waals surface area contributed by atoms with E-state index < -0.39 is 34.9 Å². The molecule has 0 aliphatic carbocycles. The Morgan fingerprint density at radius 2 is 2.24 bits per heavy atom. The number of hydrogen-bond acceptors (Lipinski definition) is 6. The topological polar surface area (TPSA) is 122 Å². The number of carbonyl (C=O) groups excluding carboxylic acids is 2. The lowest BCUT2D eigenvalue weighted by atomic mass is 10.7. The van der Waals surface area contributed by atoms with Crippen LogP contribution in [0.1, 0.15) is 0 Å². The maximum Gasteiger partial charge on any atom is 0.433 e. The van der Waals surface area contributed by atoms with Crippen LogP contribution in [0.25, 0.3) is 0 Å². The van der Waals surface area contributed by atoms with Gasteiger partial charge < -0.3 is 10.5 Å². The number of nitrogens with zero attached hydrogens (tertiary/aromatic N) is 3. The van der Waals surface area contributed by atoms with Crippen LogP contribution in [0.5, 0.6) is 0 Å². The third kappa shape index (κ3) is 2.13. The molecule has 0 unspecified atom stereocenters. The van der Waals surface area contributed by atoms with E-state index in [1.807, 2.05) is 5.92 Å². The number of carbonyl (C=O) groups is 2. The van der Waals surface area contributed by atoms with E-state index in [1.165, 1.54) is 0 Å². The van der Waals surface area contributed by atoms with Gasteiger partial charge >= 0.3 is 22.3 Å². The van der Waals surface area contributed by atoms with E-state index in [2.05, 4.69) is 9.73 Å². The molecular formula is C7H8N4O5S. The molecule has 1 rings (SSSR count). The molecule has 9 nitrogen and oxygen atoms in total. The Labute approximate surface area is 97.0 Å². The molecule has 17 heavy (non-hydrogen) atoms. The fourth-order valence-corrected chi connectivity index (χ4v) is 1.90. The Hall–Kier alpha value is -2.28. The van der Waals surface area contributed by atoms with Crippen LogP contribution in [-0.4, -0.2) is 48.8 Å². The molecule has 0 radical (unpaired) electrons. The molecule has 3 amide bonds. The van der Waals surface area contributed by atoms with Gasteiger partial charge in [-0.2, -0.15) is 13.4 Å². The Balaban J connectivity index is 3.14. The van der Waals surface area contributed by atoms with Gasteiger partial charge in [-0.05, 0) is 0 Å². The zero-order valence-corrected chi connectivity index (χ0v) is 9.47. The molecule has 0 aromatic heterocycles. The Kier molecular flexibility index (Phi) is 3.23. The predicted molar refractivity (Wildman–Crippen MR) is 55.7 cm³/mol. The number of terminal acetylenes is 1. The average molecular weight is 260 g/mol. The van der Waals surface area contributed by atoms with Crippen LogP contribution < -0.4 is 5.73 Å². The number of nitrogens with two attached hydrogens (primary N) is 1. The molecular weight excluding hydrogens is 252 g/mol. The second kappa shape index (κ2) is 4.30. The van der Waals surface area contributed by atoms with Crippen molar-refractivity contribution in [2.45, 2.75) is 0 Å². The maximum atomic E-state index is 11.7. The van der Waals surface area contributed by atoms with Crippen molar-refractivity contribution in [3.05, 3.63) is 0 Å². The summed E-state index contributed by atoms with van der Waals surface area (Å²) in [5.74, 6) is 1.18. The van der Waals surface area contributed by atoms with Crippen molar-refractivity contribution in [1.29, 1.82) is 0 Å². The average Bonchev–Trinajstić information content (AvgIpc) is 2.23. The first-order valence-electron chi connectivity index (χ1n) is 4.10. The van der Waals surface area contributed by atoms with Crippen molar-refractivity contribution in [2.24, 2.45) is 10.7 Å². The van der Waals surface area contributed by atoms with Crippen LogP contribution >= 0.6 is 0 Å². The lowest BCUT2D eigenvalue weighted by molar-refractivity contribution is 0.149. The molecule has 0 spiro atoms.